The second-order valence-corrected chi connectivity index (χ2v) is 31.6. The van der Waals surface area contributed by atoms with Crippen molar-refractivity contribution in [2.45, 2.75) is 19.2 Å². The third-order valence-electron chi connectivity index (χ3n) is 14.0. The number of ether oxygens (including phenoxy) is 1. The first kappa shape index (κ1) is 77.5. The molecule has 0 aliphatic heterocycles. The Balaban J connectivity index is 0.000000163. The van der Waals surface area contributed by atoms with Crippen molar-refractivity contribution in [1.29, 1.82) is 0 Å². The van der Waals surface area contributed by atoms with Crippen LogP contribution in [0, 0.1) is 10.5 Å². The molecule has 0 unspecified atom stereocenters. The number of aromatic nitrogens is 4. The summed E-state index contributed by atoms with van der Waals surface area (Å²) in [6, 6.07) is 71.5. The quantitative estimate of drug-likeness (QED) is 0.0651. The molecule has 0 saturated heterocycles. The first-order valence-electron chi connectivity index (χ1n) is 29.6. The highest BCUT2D eigenvalue weighted by atomic mass is 127. The van der Waals surface area contributed by atoms with Gasteiger partial charge in [0, 0.05) is 134 Å². The molecule has 10 aromatic carbocycles. The first-order valence-corrected chi connectivity index (χ1v) is 37.6. The molecule has 22 heteroatoms. The summed E-state index contributed by atoms with van der Waals surface area (Å²) in [5, 5.41) is 3.87. The SMILES string of the molecule is C.CN(C)c1ccc(-c2nc3ccc(Br)cc3s2)cc1.CN(C)c1ccc(-c2nc3ccc(I)cc3s2)cc1.COc1ccc(N(C)C)cc1.Cc1ccc2nc(-c3ccc(N(C)C)cc3)sc2c1.Nc1ccc(Br)cc1.Nc1ccc(Br)cc1S.Nc1nc2ccc(Br)cc2s1. The molecule has 0 fully saturated rings. The summed E-state index contributed by atoms with van der Waals surface area (Å²) < 4.78 is 15.3. The van der Waals surface area contributed by atoms with E-state index in [1.165, 1.54) is 74.0 Å². The van der Waals surface area contributed by atoms with Gasteiger partial charge in [-0.3, -0.25) is 0 Å². The number of nitrogens with two attached hydrogens (primary N) is 3. The molecule has 0 atom stereocenters. The highest BCUT2D eigenvalue weighted by Crippen LogP contribution is 2.36. The number of methoxy groups -OCH3 is 1. The van der Waals surface area contributed by atoms with Crippen LogP contribution in [0.1, 0.15) is 13.0 Å². The van der Waals surface area contributed by atoms with Crippen molar-refractivity contribution in [1.82, 2.24) is 19.9 Å². The van der Waals surface area contributed by atoms with E-state index in [9.17, 15) is 0 Å². The van der Waals surface area contributed by atoms with Crippen LogP contribution in [-0.2, 0) is 0 Å². The van der Waals surface area contributed by atoms with E-state index in [1.54, 1.807) is 41.1 Å². The first-order chi connectivity index (χ1) is 45.9. The molecule has 0 saturated carbocycles. The van der Waals surface area contributed by atoms with Gasteiger partial charge in [-0.25, -0.2) is 19.9 Å². The molecule has 0 amide bonds. The zero-order valence-corrected chi connectivity index (χ0v) is 67.1. The number of thiol groups is 1. The van der Waals surface area contributed by atoms with Crippen LogP contribution in [0.4, 0.5) is 39.3 Å². The molecule has 0 radical (unpaired) electrons. The van der Waals surface area contributed by atoms with Gasteiger partial charge in [0.05, 0.1) is 48.0 Å². The predicted molar refractivity (Wildman–Crippen MR) is 453 cm³/mol. The summed E-state index contributed by atoms with van der Waals surface area (Å²) in [4.78, 5) is 27.4. The molecule has 97 heavy (non-hydrogen) atoms. The molecule has 4 heterocycles. The fourth-order valence-electron chi connectivity index (χ4n) is 8.68. The number of hydrogen-bond donors (Lipinski definition) is 4. The molecule has 0 aliphatic rings. The van der Waals surface area contributed by atoms with Gasteiger partial charge in [0.2, 0.25) is 0 Å². The molecule has 14 aromatic rings. The van der Waals surface area contributed by atoms with E-state index in [4.69, 9.17) is 31.9 Å². The summed E-state index contributed by atoms with van der Waals surface area (Å²) in [5.74, 6) is 0.899. The second kappa shape index (κ2) is 37.4. The average Bonchev–Trinajstić information content (AvgIpc) is 1.70. The Labute approximate surface area is 638 Å². The number of nitrogen functional groups attached to an aromatic ring is 3. The Hall–Kier alpha value is -6.84. The molecular formula is C75H76Br4IN11OS5. The van der Waals surface area contributed by atoms with Gasteiger partial charge >= 0.3 is 0 Å². The molecule has 14 rings (SSSR count). The number of thiazole rings is 4. The molecule has 6 N–H and O–H groups in total. The van der Waals surface area contributed by atoms with Crippen LogP contribution in [0.25, 0.3) is 72.6 Å². The lowest BCUT2D eigenvalue weighted by Crippen LogP contribution is -2.07. The van der Waals surface area contributed by atoms with Crippen molar-refractivity contribution < 1.29 is 4.74 Å². The highest BCUT2D eigenvalue weighted by molar-refractivity contribution is 14.1. The number of aryl methyl sites for hydroxylation is 1. The fourth-order valence-corrected chi connectivity index (χ4v) is 15.3. The lowest BCUT2D eigenvalue weighted by Gasteiger charge is -2.11. The third kappa shape index (κ3) is 23.4. The molecular weight excluding hydrogens is 1680 g/mol. The highest BCUT2D eigenvalue weighted by Gasteiger charge is 2.11. The molecule has 12 nitrogen and oxygen atoms in total. The minimum absolute atomic E-state index is 0. The van der Waals surface area contributed by atoms with Crippen LogP contribution >= 0.6 is 144 Å². The summed E-state index contributed by atoms with van der Waals surface area (Å²) in [5.41, 5.74) is 31.8. The minimum Gasteiger partial charge on any atom is -0.497 e. The largest absolute Gasteiger partial charge is 0.497 e. The van der Waals surface area contributed by atoms with Gasteiger partial charge in [-0.05, 0) is 241 Å². The van der Waals surface area contributed by atoms with E-state index in [0.29, 0.717) is 10.8 Å². The maximum absolute atomic E-state index is 5.53. The number of anilines is 7. The van der Waals surface area contributed by atoms with Crippen LogP contribution in [0.15, 0.2) is 235 Å². The van der Waals surface area contributed by atoms with Crippen molar-refractivity contribution in [3.05, 3.63) is 239 Å². The average molecular weight is 1750 g/mol. The summed E-state index contributed by atoms with van der Waals surface area (Å²) >= 11 is 26.6. The van der Waals surface area contributed by atoms with Crippen molar-refractivity contribution in [2.75, 3.05) is 100 Å². The summed E-state index contributed by atoms with van der Waals surface area (Å²) in [7, 11) is 18.0. The number of fused-ring (bicyclic) bond motifs is 4. The Morgan fingerprint density at radius 3 is 1.12 bits per heavy atom. The molecule has 0 bridgehead atoms. The number of benzene rings is 10. The van der Waals surface area contributed by atoms with E-state index < -0.39 is 0 Å². The fraction of sp³-hybridized carbons (Fsp3) is 0.147. The van der Waals surface area contributed by atoms with Gasteiger partial charge in [-0.1, -0.05) is 88.5 Å². The smallest absolute Gasteiger partial charge is 0.181 e. The molecule has 502 valence electrons. The van der Waals surface area contributed by atoms with E-state index in [1.807, 2.05) is 125 Å². The standard InChI is InChI=1S/C16H16N2S.C15H13BrN2S.C15H13IN2S.C9H13NO.C7H5BrN2S.C6H6BrNS.C6H6BrN.CH4/c1-11-4-9-14-15(10-11)19-16(17-14)12-5-7-13(8-6-12)18(2)3;2*1-18(2)12-6-3-10(4-7-12)15-17-13-8-5-11(16)9-14(13)19-15;1-10(2)8-4-6-9(11-3)7-5-8;8-4-1-2-5-6(3-4)11-7(9)10-5;7-4-1-2-5(8)6(9)3-4;7-5-1-3-6(8)4-2-5;/h4-10H,1-3H3;2*3-9H,1-2H3;4-7H,1-3H3;1-3H,(H2,9,10);1-3,9H,8H2;1-4H,8H2;1H4. The van der Waals surface area contributed by atoms with Crippen molar-refractivity contribution in [2.24, 2.45) is 0 Å². The van der Waals surface area contributed by atoms with Gasteiger partial charge < -0.3 is 41.5 Å². The Kier molecular flexibility index (Phi) is 29.9. The van der Waals surface area contributed by atoms with Crippen molar-refractivity contribution in [3.63, 3.8) is 0 Å². The van der Waals surface area contributed by atoms with Crippen LogP contribution in [-0.4, -0.2) is 83.4 Å². The van der Waals surface area contributed by atoms with Crippen LogP contribution < -0.4 is 41.5 Å². The van der Waals surface area contributed by atoms with E-state index in [2.05, 4.69) is 279 Å². The number of nitrogens with zero attached hydrogens (tertiary/aromatic N) is 8. The minimum atomic E-state index is 0. The normalized spacial score (nSPS) is 10.3. The number of hydrogen-bond acceptors (Lipinski definition) is 17. The maximum atomic E-state index is 5.53. The van der Waals surface area contributed by atoms with E-state index in [-0.39, 0.29) is 7.43 Å². The van der Waals surface area contributed by atoms with Gasteiger partial charge in [0.15, 0.2) is 5.13 Å². The lowest BCUT2D eigenvalue weighted by molar-refractivity contribution is 0.415. The summed E-state index contributed by atoms with van der Waals surface area (Å²) in [6.45, 7) is 2.12. The Morgan fingerprint density at radius 2 is 0.732 bits per heavy atom. The monoisotopic (exact) mass is 1750 g/mol. The maximum Gasteiger partial charge on any atom is 0.181 e. The van der Waals surface area contributed by atoms with Crippen molar-refractivity contribution in [3.8, 4) is 37.5 Å². The Morgan fingerprint density at radius 1 is 0.392 bits per heavy atom. The molecule has 0 spiro atoms. The van der Waals surface area contributed by atoms with E-state index in [0.717, 1.165) is 76.0 Å². The van der Waals surface area contributed by atoms with E-state index >= 15 is 0 Å². The van der Waals surface area contributed by atoms with Gasteiger partial charge in [-0.15, -0.1) is 46.6 Å². The molecule has 0 aliphatic carbocycles. The summed E-state index contributed by atoms with van der Waals surface area (Å²) in [6.07, 6.45) is 0. The zero-order valence-electron chi connectivity index (χ0n) is 54.4. The van der Waals surface area contributed by atoms with Crippen molar-refractivity contribution >= 4 is 224 Å². The lowest BCUT2D eigenvalue weighted by atomic mass is 10.2. The third-order valence-corrected chi connectivity index (χ3v) is 21.1. The van der Waals surface area contributed by atoms with Crippen LogP contribution in [0.5, 0.6) is 5.75 Å². The van der Waals surface area contributed by atoms with Gasteiger partial charge in [0.1, 0.15) is 20.8 Å². The molecule has 4 aromatic heterocycles. The number of rotatable bonds is 8. The predicted octanol–water partition coefficient (Wildman–Crippen LogP) is 23.2. The topological polar surface area (TPSA) is 152 Å². The van der Waals surface area contributed by atoms with Crippen LogP contribution in [0.3, 0.4) is 0 Å². The zero-order chi connectivity index (χ0) is 69.2. The van der Waals surface area contributed by atoms with Gasteiger partial charge in [0.25, 0.3) is 0 Å². The van der Waals surface area contributed by atoms with Gasteiger partial charge in [-0.2, -0.15) is 0 Å². The Bertz CT molecular complexity index is 4450. The second-order valence-electron chi connectivity index (χ2n) is 22.1. The van der Waals surface area contributed by atoms with Crippen LogP contribution in [0.2, 0.25) is 0 Å². The number of halogens is 5.